The van der Waals surface area contributed by atoms with Crippen LogP contribution in [0.15, 0.2) is 72.5 Å². The van der Waals surface area contributed by atoms with Crippen LogP contribution in [0.25, 0.3) is 0 Å². The van der Waals surface area contributed by atoms with Crippen molar-refractivity contribution in [1.29, 1.82) is 0 Å². The van der Waals surface area contributed by atoms with E-state index in [2.05, 4.69) is 50.2 Å². The molecule has 1 amide bonds. The smallest absolute Gasteiger partial charge is 0.414 e. The van der Waals surface area contributed by atoms with Crippen LogP contribution in [0.1, 0.15) is 44.2 Å². The fourth-order valence-electron chi connectivity index (χ4n) is 4.72. The minimum absolute atomic E-state index is 0.0455. The van der Waals surface area contributed by atoms with Crippen molar-refractivity contribution in [3.8, 4) is 0 Å². The van der Waals surface area contributed by atoms with Crippen LogP contribution in [0.2, 0.25) is 0 Å². The quantitative estimate of drug-likeness (QED) is 0.607. The molecule has 32 heavy (non-hydrogen) atoms. The maximum atomic E-state index is 13.3. The number of rotatable bonds is 8. The van der Waals surface area contributed by atoms with Crippen molar-refractivity contribution in [3.05, 3.63) is 83.6 Å². The summed E-state index contributed by atoms with van der Waals surface area (Å²) >= 11 is 0. The molecule has 2 N–H and O–H groups in total. The highest BCUT2D eigenvalue weighted by Crippen LogP contribution is 2.44. The number of allylic oxidation sites excluding steroid dienone is 2. The van der Waals surface area contributed by atoms with E-state index < -0.39 is 5.41 Å². The monoisotopic (exact) mass is 435 g/mol. The van der Waals surface area contributed by atoms with Gasteiger partial charge in [0.2, 0.25) is 0 Å². The first-order valence-corrected chi connectivity index (χ1v) is 11.6. The highest BCUT2D eigenvalue weighted by atomic mass is 16.6. The predicted molar refractivity (Wildman–Crippen MR) is 130 cm³/mol. The maximum Gasteiger partial charge on any atom is 0.415 e. The molecule has 2 aromatic carbocycles. The third-order valence-corrected chi connectivity index (χ3v) is 6.78. The lowest BCUT2D eigenvalue weighted by atomic mass is 9.68. The molecule has 1 fully saturated rings. The predicted octanol–water partition coefficient (Wildman–Crippen LogP) is 4.78. The zero-order valence-corrected chi connectivity index (χ0v) is 19.8. The lowest BCUT2D eigenvalue weighted by Gasteiger charge is -2.40. The van der Waals surface area contributed by atoms with E-state index in [9.17, 15) is 4.79 Å². The van der Waals surface area contributed by atoms with Crippen LogP contribution in [-0.2, 0) is 10.2 Å². The van der Waals surface area contributed by atoms with Crippen LogP contribution in [0.4, 0.5) is 4.79 Å². The molecule has 1 saturated heterocycles. The number of likely N-dealkylation sites (tertiary alicyclic amines) is 1. The Morgan fingerprint density at radius 3 is 2.19 bits per heavy atom. The van der Waals surface area contributed by atoms with Crippen molar-refractivity contribution in [2.24, 2.45) is 5.73 Å². The summed E-state index contributed by atoms with van der Waals surface area (Å²) in [6.45, 7) is 5.31. The fourth-order valence-corrected chi connectivity index (χ4v) is 4.72. The number of hydrogen-bond acceptors (Lipinski definition) is 4. The third-order valence-electron chi connectivity index (χ3n) is 6.78. The van der Waals surface area contributed by atoms with E-state index in [0.717, 1.165) is 30.4 Å². The number of nitrogens with zero attached hydrogens (tertiary/aromatic N) is 2. The van der Waals surface area contributed by atoms with Gasteiger partial charge in [-0.25, -0.2) is 4.79 Å². The summed E-state index contributed by atoms with van der Waals surface area (Å²) in [5.74, 6) is 0.663. The molecule has 172 valence electrons. The first kappa shape index (κ1) is 24.0. The summed E-state index contributed by atoms with van der Waals surface area (Å²) in [5.41, 5.74) is 7.54. The van der Waals surface area contributed by atoms with Crippen LogP contribution < -0.4 is 5.73 Å². The molecule has 1 aliphatic rings. The number of benzene rings is 2. The number of nitrogens with two attached hydrogens (primary N) is 1. The summed E-state index contributed by atoms with van der Waals surface area (Å²) in [6.07, 6.45) is 4.30. The van der Waals surface area contributed by atoms with Crippen LogP contribution in [-0.4, -0.2) is 55.2 Å². The third kappa shape index (κ3) is 4.89. The minimum atomic E-state index is -0.603. The summed E-state index contributed by atoms with van der Waals surface area (Å²) in [4.78, 5) is 17.3. The topological polar surface area (TPSA) is 58.8 Å². The first-order chi connectivity index (χ1) is 15.4. The molecular weight excluding hydrogens is 398 g/mol. The van der Waals surface area contributed by atoms with Gasteiger partial charge < -0.3 is 20.3 Å². The molecule has 0 bridgehead atoms. The van der Waals surface area contributed by atoms with Gasteiger partial charge in [-0.2, -0.15) is 0 Å². The van der Waals surface area contributed by atoms with Gasteiger partial charge in [0.15, 0.2) is 0 Å². The molecule has 0 aromatic heterocycles. The van der Waals surface area contributed by atoms with Crippen molar-refractivity contribution >= 4 is 6.09 Å². The minimum Gasteiger partial charge on any atom is -0.414 e. The van der Waals surface area contributed by atoms with E-state index in [4.69, 9.17) is 10.5 Å². The lowest BCUT2D eigenvalue weighted by Crippen LogP contribution is -2.43. The van der Waals surface area contributed by atoms with Gasteiger partial charge in [-0.1, -0.05) is 60.7 Å². The van der Waals surface area contributed by atoms with Gasteiger partial charge in [0, 0.05) is 25.2 Å². The Balaban J connectivity index is 2.12. The van der Waals surface area contributed by atoms with E-state index in [-0.39, 0.29) is 18.2 Å². The zero-order valence-electron chi connectivity index (χ0n) is 19.8. The van der Waals surface area contributed by atoms with E-state index in [1.165, 1.54) is 0 Å². The molecule has 2 unspecified atom stereocenters. The van der Waals surface area contributed by atoms with Gasteiger partial charge in [0.1, 0.15) is 5.76 Å². The summed E-state index contributed by atoms with van der Waals surface area (Å²) in [7, 11) is 4.17. The second-order valence-corrected chi connectivity index (χ2v) is 8.90. The Kier molecular flexibility index (Phi) is 8.10. The van der Waals surface area contributed by atoms with Gasteiger partial charge in [0.05, 0.1) is 5.41 Å². The van der Waals surface area contributed by atoms with Crippen molar-refractivity contribution in [2.75, 3.05) is 27.2 Å². The van der Waals surface area contributed by atoms with Gasteiger partial charge >= 0.3 is 6.09 Å². The Labute approximate surface area is 192 Å². The van der Waals surface area contributed by atoms with E-state index >= 15 is 0 Å². The summed E-state index contributed by atoms with van der Waals surface area (Å²) in [5, 5.41) is 0. The normalized spacial score (nSPS) is 18.1. The van der Waals surface area contributed by atoms with Crippen LogP contribution in [0.3, 0.4) is 0 Å². The first-order valence-electron chi connectivity index (χ1n) is 11.6. The highest BCUT2D eigenvalue weighted by Gasteiger charge is 2.43. The molecule has 3 rings (SSSR count). The van der Waals surface area contributed by atoms with Crippen LogP contribution in [0, 0.1) is 0 Å². The molecule has 5 nitrogen and oxygen atoms in total. The lowest BCUT2D eigenvalue weighted by molar-refractivity contribution is 0.110. The van der Waals surface area contributed by atoms with E-state index in [1.54, 1.807) is 4.90 Å². The van der Waals surface area contributed by atoms with E-state index in [0.29, 0.717) is 18.8 Å². The number of carbonyl (C=O) groups is 1. The SMILES string of the molecule is C/C=C(\OC(=O)N1CCCC1CN)C(CC(C)N(C)C)(c1ccccc1)c1ccccc1. The Morgan fingerprint density at radius 2 is 1.72 bits per heavy atom. The van der Waals surface area contributed by atoms with Crippen molar-refractivity contribution in [3.63, 3.8) is 0 Å². The number of hydrogen-bond donors (Lipinski definition) is 1. The van der Waals surface area contributed by atoms with Crippen LogP contribution >= 0.6 is 0 Å². The van der Waals surface area contributed by atoms with Crippen LogP contribution in [0.5, 0.6) is 0 Å². The van der Waals surface area contributed by atoms with Gasteiger partial charge in [-0.05, 0) is 64.4 Å². The second kappa shape index (κ2) is 10.8. The Hall–Kier alpha value is -2.63. The van der Waals surface area contributed by atoms with Crippen molar-refractivity contribution in [2.45, 2.75) is 50.6 Å². The van der Waals surface area contributed by atoms with Crippen molar-refractivity contribution < 1.29 is 9.53 Å². The summed E-state index contributed by atoms with van der Waals surface area (Å²) < 4.78 is 6.24. The Bertz CT molecular complexity index is 856. The zero-order chi connectivity index (χ0) is 23.1. The molecule has 5 heteroatoms. The number of amides is 1. The van der Waals surface area contributed by atoms with Gasteiger partial charge in [-0.3, -0.25) is 0 Å². The highest BCUT2D eigenvalue weighted by molar-refractivity contribution is 5.70. The Morgan fingerprint density at radius 1 is 1.16 bits per heavy atom. The molecule has 1 heterocycles. The van der Waals surface area contributed by atoms with E-state index in [1.807, 2.05) is 49.4 Å². The molecule has 0 aliphatic carbocycles. The fraction of sp³-hybridized carbons (Fsp3) is 0.444. The standard InChI is InChI=1S/C27H37N3O2/c1-5-25(32-26(31)30-18-12-17-24(30)20-28)27(19-21(2)29(3)4,22-13-8-6-9-14-22)23-15-10-7-11-16-23/h5-11,13-16,21,24H,12,17-20,28H2,1-4H3/b25-5-. The molecule has 2 atom stereocenters. The maximum absolute atomic E-state index is 13.3. The van der Waals surface area contributed by atoms with Gasteiger partial charge in [-0.15, -0.1) is 0 Å². The summed E-state index contributed by atoms with van der Waals surface area (Å²) in [6, 6.07) is 21.0. The molecule has 0 spiro atoms. The molecular formula is C27H37N3O2. The molecule has 0 saturated carbocycles. The molecule has 2 aromatic rings. The average molecular weight is 436 g/mol. The number of carbonyl (C=O) groups excluding carboxylic acids is 1. The average Bonchev–Trinajstić information content (AvgIpc) is 3.31. The van der Waals surface area contributed by atoms with Gasteiger partial charge in [0.25, 0.3) is 0 Å². The largest absolute Gasteiger partial charge is 0.415 e. The second-order valence-electron chi connectivity index (χ2n) is 8.90. The van der Waals surface area contributed by atoms with Crippen molar-refractivity contribution in [1.82, 2.24) is 9.80 Å². The number of ether oxygens (including phenoxy) is 1. The molecule has 1 aliphatic heterocycles. The molecule has 0 radical (unpaired) electrons.